The predicted molar refractivity (Wildman–Crippen MR) is 115 cm³/mol. The van der Waals surface area contributed by atoms with Gasteiger partial charge in [-0.3, -0.25) is 0 Å². The van der Waals surface area contributed by atoms with Gasteiger partial charge < -0.3 is 4.42 Å². The monoisotopic (exact) mass is 426 g/mol. The maximum Gasteiger partial charge on any atom is 0.336 e. The average Bonchev–Trinajstić information content (AvgIpc) is 2.71. The van der Waals surface area contributed by atoms with E-state index in [0.717, 1.165) is 26.0 Å². The third kappa shape index (κ3) is 3.78. The first-order valence-corrected chi connectivity index (χ1v) is 11.2. The van der Waals surface area contributed by atoms with Crippen molar-refractivity contribution in [3.8, 4) is 0 Å². The highest BCUT2D eigenvalue weighted by Gasteiger charge is 2.17. The third-order valence-electron chi connectivity index (χ3n) is 4.58. The van der Waals surface area contributed by atoms with E-state index in [4.69, 9.17) is 4.42 Å². The normalized spacial score (nSPS) is 12.1. The van der Waals surface area contributed by atoms with Crippen LogP contribution in [0, 0.1) is 0 Å². The van der Waals surface area contributed by atoms with Gasteiger partial charge in [0.15, 0.2) is 0 Å². The van der Waals surface area contributed by atoms with Crippen LogP contribution in [0.4, 0.5) is 0 Å². The second kappa shape index (κ2) is 7.62. The summed E-state index contributed by atoms with van der Waals surface area (Å²) in [5.74, 6) is 0.503. The van der Waals surface area contributed by atoms with Crippen LogP contribution in [0.3, 0.4) is 0 Å². The van der Waals surface area contributed by atoms with Crippen LogP contribution in [0.15, 0.2) is 79.9 Å². The second-order valence-electron chi connectivity index (χ2n) is 6.66. The number of pyridine rings is 1. The lowest BCUT2D eigenvalue weighted by molar-refractivity contribution is 0.520. The van der Waals surface area contributed by atoms with E-state index in [9.17, 15) is 13.2 Å². The molecular weight excluding hydrogens is 408 g/mol. The number of hydrogen-bond donors (Lipinski definition) is 0. The highest BCUT2D eigenvalue weighted by atomic mass is 32.2. The van der Waals surface area contributed by atoms with E-state index in [1.54, 1.807) is 6.07 Å². The molecule has 6 nitrogen and oxygen atoms in total. The van der Waals surface area contributed by atoms with Crippen LogP contribution < -0.4 is 5.63 Å². The lowest BCUT2D eigenvalue weighted by Gasteiger charge is -2.11. The molecule has 0 saturated heterocycles. The Balaban J connectivity index is 1.68. The Labute approximate surface area is 172 Å². The van der Waals surface area contributed by atoms with Crippen LogP contribution in [-0.2, 0) is 15.8 Å². The van der Waals surface area contributed by atoms with E-state index in [1.807, 2.05) is 36.4 Å². The molecule has 2 aromatic heterocycles. The minimum Gasteiger partial charge on any atom is -0.423 e. The number of nitrogens with zero attached hydrogens (tertiary/aromatic N) is 2. The Kier molecular flexibility index (Phi) is 5.16. The molecule has 0 atom stereocenters. The third-order valence-corrected chi connectivity index (χ3v) is 7.37. The molecule has 0 fully saturated rings. The molecule has 0 aliphatic carbocycles. The Morgan fingerprint density at radius 3 is 2.59 bits per heavy atom. The summed E-state index contributed by atoms with van der Waals surface area (Å²) in [6.07, 6.45) is 1.35. The van der Waals surface area contributed by atoms with Crippen molar-refractivity contribution in [2.75, 3.05) is 14.1 Å². The van der Waals surface area contributed by atoms with Crippen LogP contribution in [0.25, 0.3) is 21.7 Å². The fraction of sp³-hybridized carbons (Fsp3) is 0.143. The minimum atomic E-state index is -3.51. The Morgan fingerprint density at radius 1 is 1.07 bits per heavy atom. The van der Waals surface area contributed by atoms with Gasteiger partial charge in [-0.05, 0) is 34.5 Å². The molecule has 8 heteroatoms. The van der Waals surface area contributed by atoms with E-state index in [-0.39, 0.29) is 4.90 Å². The van der Waals surface area contributed by atoms with Gasteiger partial charge in [0.25, 0.3) is 0 Å². The fourth-order valence-electron chi connectivity index (χ4n) is 3.10. The molecule has 0 aliphatic rings. The average molecular weight is 427 g/mol. The Hall–Kier alpha value is -2.68. The molecule has 0 bridgehead atoms. The first-order chi connectivity index (χ1) is 13.9. The number of benzene rings is 2. The molecule has 148 valence electrons. The van der Waals surface area contributed by atoms with Crippen molar-refractivity contribution in [3.05, 3.63) is 76.8 Å². The molecule has 29 heavy (non-hydrogen) atoms. The van der Waals surface area contributed by atoms with Gasteiger partial charge in [0, 0.05) is 37.5 Å². The first-order valence-electron chi connectivity index (χ1n) is 8.82. The van der Waals surface area contributed by atoms with E-state index >= 15 is 0 Å². The molecule has 0 aliphatic heterocycles. The summed E-state index contributed by atoms with van der Waals surface area (Å²) in [5.41, 5.74) is 1.00. The summed E-state index contributed by atoms with van der Waals surface area (Å²) in [7, 11) is -0.551. The predicted octanol–water partition coefficient (Wildman–Crippen LogP) is 3.88. The molecule has 0 spiro atoms. The molecule has 2 aromatic carbocycles. The number of rotatable bonds is 5. The molecular formula is C21H18N2O4S2. The van der Waals surface area contributed by atoms with Crippen molar-refractivity contribution in [2.45, 2.75) is 15.7 Å². The fourth-order valence-corrected chi connectivity index (χ4v) is 4.77. The highest BCUT2D eigenvalue weighted by Crippen LogP contribution is 2.31. The van der Waals surface area contributed by atoms with Crippen LogP contribution in [0.1, 0.15) is 5.56 Å². The minimum absolute atomic E-state index is 0.142. The van der Waals surface area contributed by atoms with Crippen molar-refractivity contribution in [1.82, 2.24) is 9.29 Å². The SMILES string of the molecule is CN(C)S(=O)(=O)c1ccc(SCc2cc(=O)oc3ccc4ccccc4c23)nc1. The van der Waals surface area contributed by atoms with Gasteiger partial charge in [-0.1, -0.05) is 30.3 Å². The topological polar surface area (TPSA) is 80.5 Å². The summed E-state index contributed by atoms with van der Waals surface area (Å²) in [4.78, 5) is 16.4. The van der Waals surface area contributed by atoms with Gasteiger partial charge in [-0.25, -0.2) is 22.5 Å². The standard InChI is InChI=1S/C21H18N2O4S2/c1-23(2)29(25,26)16-8-10-19(22-12-16)28-13-15-11-20(24)27-18-9-7-14-5-3-4-6-17(14)21(15)18/h3-12H,13H2,1-2H3. The largest absolute Gasteiger partial charge is 0.423 e. The van der Waals surface area contributed by atoms with E-state index < -0.39 is 15.6 Å². The lowest BCUT2D eigenvalue weighted by atomic mass is 10.0. The zero-order chi connectivity index (χ0) is 20.6. The van der Waals surface area contributed by atoms with Crippen molar-refractivity contribution in [1.29, 1.82) is 0 Å². The van der Waals surface area contributed by atoms with E-state index in [2.05, 4.69) is 4.98 Å². The maximum atomic E-state index is 12.2. The quantitative estimate of drug-likeness (QED) is 0.274. The Bertz CT molecular complexity index is 1360. The molecule has 4 rings (SSSR count). The van der Waals surface area contributed by atoms with Gasteiger partial charge in [-0.15, -0.1) is 11.8 Å². The van der Waals surface area contributed by atoms with Gasteiger partial charge in [0.05, 0.1) is 5.03 Å². The summed E-state index contributed by atoms with van der Waals surface area (Å²) in [6.45, 7) is 0. The summed E-state index contributed by atoms with van der Waals surface area (Å²) < 4.78 is 30.9. The van der Waals surface area contributed by atoms with Crippen molar-refractivity contribution >= 4 is 43.5 Å². The zero-order valence-electron chi connectivity index (χ0n) is 15.8. The smallest absolute Gasteiger partial charge is 0.336 e. The molecule has 0 radical (unpaired) electrons. The van der Waals surface area contributed by atoms with E-state index in [0.29, 0.717) is 16.4 Å². The van der Waals surface area contributed by atoms with Crippen molar-refractivity contribution < 1.29 is 12.8 Å². The lowest BCUT2D eigenvalue weighted by Crippen LogP contribution is -2.22. The summed E-state index contributed by atoms with van der Waals surface area (Å²) in [6, 6.07) is 16.4. The molecule has 2 heterocycles. The second-order valence-corrected chi connectivity index (χ2v) is 9.81. The van der Waals surface area contributed by atoms with E-state index in [1.165, 1.54) is 44.2 Å². The number of fused-ring (bicyclic) bond motifs is 3. The van der Waals surface area contributed by atoms with Gasteiger partial charge in [-0.2, -0.15) is 0 Å². The highest BCUT2D eigenvalue weighted by molar-refractivity contribution is 7.98. The molecule has 0 saturated carbocycles. The number of sulfonamides is 1. The number of aromatic nitrogens is 1. The van der Waals surface area contributed by atoms with Crippen LogP contribution >= 0.6 is 11.8 Å². The maximum absolute atomic E-state index is 12.2. The van der Waals surface area contributed by atoms with Crippen LogP contribution in [-0.4, -0.2) is 31.8 Å². The van der Waals surface area contributed by atoms with Gasteiger partial charge in [0.2, 0.25) is 10.0 Å². The molecule has 0 unspecified atom stereocenters. The molecule has 0 N–H and O–H groups in total. The molecule has 4 aromatic rings. The van der Waals surface area contributed by atoms with Gasteiger partial charge >= 0.3 is 5.63 Å². The first kappa shape index (κ1) is 19.6. The van der Waals surface area contributed by atoms with Gasteiger partial charge in [0.1, 0.15) is 10.5 Å². The van der Waals surface area contributed by atoms with Crippen LogP contribution in [0.5, 0.6) is 0 Å². The van der Waals surface area contributed by atoms with Crippen molar-refractivity contribution in [2.24, 2.45) is 0 Å². The van der Waals surface area contributed by atoms with Crippen LogP contribution in [0.2, 0.25) is 0 Å². The number of thioether (sulfide) groups is 1. The number of hydrogen-bond acceptors (Lipinski definition) is 6. The summed E-state index contributed by atoms with van der Waals surface area (Å²) in [5, 5.41) is 3.66. The van der Waals surface area contributed by atoms with Crippen molar-refractivity contribution in [3.63, 3.8) is 0 Å². The zero-order valence-corrected chi connectivity index (χ0v) is 17.5. The Morgan fingerprint density at radius 2 is 1.86 bits per heavy atom. The molecule has 0 amide bonds. The summed E-state index contributed by atoms with van der Waals surface area (Å²) >= 11 is 1.43.